The molecule has 110 valence electrons. The van der Waals surface area contributed by atoms with Gasteiger partial charge in [-0.3, -0.25) is 4.79 Å². The number of nitrogens with one attached hydrogen (secondary N) is 1. The van der Waals surface area contributed by atoms with Gasteiger partial charge >= 0.3 is 0 Å². The fraction of sp³-hybridized carbons (Fsp3) is 0.933. The zero-order valence-electron chi connectivity index (χ0n) is 12.5. The summed E-state index contributed by atoms with van der Waals surface area (Å²) in [6.45, 7) is 4.27. The number of fused-ring (bicyclic) bond motifs is 1. The van der Waals surface area contributed by atoms with Crippen molar-refractivity contribution in [3.05, 3.63) is 0 Å². The first kappa shape index (κ1) is 14.8. The maximum Gasteiger partial charge on any atom is 0.237 e. The van der Waals surface area contributed by atoms with Crippen molar-refractivity contribution in [2.24, 2.45) is 11.7 Å². The Hall–Kier alpha value is -0.610. The molecule has 2 rings (SSSR count). The number of likely N-dealkylation sites (tertiary alicyclic amines) is 1. The van der Waals surface area contributed by atoms with Crippen LogP contribution in [-0.4, -0.2) is 42.5 Å². The summed E-state index contributed by atoms with van der Waals surface area (Å²) in [5, 5.41) is 3.07. The minimum absolute atomic E-state index is 0.243. The highest BCUT2D eigenvalue weighted by molar-refractivity contribution is 5.84. The summed E-state index contributed by atoms with van der Waals surface area (Å²) >= 11 is 0. The zero-order valence-corrected chi connectivity index (χ0v) is 12.5. The second-order valence-corrected chi connectivity index (χ2v) is 6.49. The zero-order chi connectivity index (χ0) is 13.9. The maximum atomic E-state index is 11.5. The molecule has 2 fully saturated rings. The first-order chi connectivity index (χ1) is 9.07. The van der Waals surface area contributed by atoms with Crippen LogP contribution in [0.1, 0.15) is 51.9 Å². The molecule has 1 amide bonds. The van der Waals surface area contributed by atoms with Crippen LogP contribution in [0.5, 0.6) is 0 Å². The molecule has 3 unspecified atom stereocenters. The summed E-state index contributed by atoms with van der Waals surface area (Å²) < 4.78 is 0. The number of rotatable bonds is 6. The average molecular weight is 267 g/mol. The average Bonchev–Trinajstić information content (AvgIpc) is 2.87. The minimum Gasteiger partial charge on any atom is -0.368 e. The van der Waals surface area contributed by atoms with Gasteiger partial charge in [-0.05, 0) is 71.5 Å². The van der Waals surface area contributed by atoms with Crippen molar-refractivity contribution < 1.29 is 4.79 Å². The van der Waals surface area contributed by atoms with Crippen LogP contribution in [0.2, 0.25) is 0 Å². The molecular formula is C15H29N3O. The number of piperidine rings is 1. The first-order valence-corrected chi connectivity index (χ1v) is 7.80. The van der Waals surface area contributed by atoms with Gasteiger partial charge in [0.25, 0.3) is 0 Å². The molecule has 1 saturated carbocycles. The number of carbonyl (C=O) groups excluding carboxylic acids is 1. The third-order valence-corrected chi connectivity index (χ3v) is 5.33. The normalized spacial score (nSPS) is 30.8. The number of likely N-dealkylation sites (N-methyl/N-ethyl adjacent to an activating group) is 1. The van der Waals surface area contributed by atoms with Gasteiger partial charge in [0.15, 0.2) is 0 Å². The molecule has 4 nitrogen and oxygen atoms in total. The molecule has 1 heterocycles. The first-order valence-electron chi connectivity index (χ1n) is 7.80. The van der Waals surface area contributed by atoms with E-state index in [1.807, 2.05) is 14.0 Å². The van der Waals surface area contributed by atoms with Crippen molar-refractivity contribution >= 4 is 5.91 Å². The Morgan fingerprint density at radius 1 is 1.37 bits per heavy atom. The van der Waals surface area contributed by atoms with E-state index in [2.05, 4.69) is 10.2 Å². The van der Waals surface area contributed by atoms with E-state index in [0.29, 0.717) is 0 Å². The van der Waals surface area contributed by atoms with Gasteiger partial charge in [0.2, 0.25) is 5.91 Å². The van der Waals surface area contributed by atoms with Gasteiger partial charge in [0.05, 0.1) is 5.54 Å². The SMILES string of the molecule is CNC(C)(CCCN1CCCC2CCCC21)C(N)=O. The van der Waals surface area contributed by atoms with E-state index in [9.17, 15) is 4.79 Å². The van der Waals surface area contributed by atoms with Crippen LogP contribution in [0.3, 0.4) is 0 Å². The topological polar surface area (TPSA) is 58.4 Å². The highest BCUT2D eigenvalue weighted by atomic mass is 16.1. The highest BCUT2D eigenvalue weighted by Crippen LogP contribution is 2.36. The number of nitrogens with two attached hydrogens (primary N) is 1. The van der Waals surface area contributed by atoms with Crippen LogP contribution in [0.25, 0.3) is 0 Å². The Balaban J connectivity index is 1.80. The molecule has 1 saturated heterocycles. The lowest BCUT2D eigenvalue weighted by molar-refractivity contribution is -0.123. The molecule has 0 bridgehead atoms. The number of amides is 1. The van der Waals surface area contributed by atoms with Crippen molar-refractivity contribution in [3.8, 4) is 0 Å². The largest absolute Gasteiger partial charge is 0.368 e. The van der Waals surface area contributed by atoms with Gasteiger partial charge in [-0.1, -0.05) is 6.42 Å². The highest BCUT2D eigenvalue weighted by Gasteiger charge is 2.35. The van der Waals surface area contributed by atoms with Gasteiger partial charge in [-0.2, -0.15) is 0 Å². The summed E-state index contributed by atoms with van der Waals surface area (Å²) in [5.41, 5.74) is 4.92. The lowest BCUT2D eigenvalue weighted by Gasteiger charge is -2.38. The second kappa shape index (κ2) is 6.23. The van der Waals surface area contributed by atoms with Crippen molar-refractivity contribution in [1.29, 1.82) is 0 Å². The molecular weight excluding hydrogens is 238 g/mol. The Morgan fingerprint density at radius 3 is 2.79 bits per heavy atom. The standard InChI is InChI=1S/C15H29N3O/c1-15(17-2,14(16)19)9-5-11-18-10-4-7-12-6-3-8-13(12)18/h12-13,17H,3-11H2,1-2H3,(H2,16,19). The van der Waals surface area contributed by atoms with Gasteiger partial charge in [0, 0.05) is 6.04 Å². The van der Waals surface area contributed by atoms with Crippen LogP contribution in [-0.2, 0) is 4.79 Å². The van der Waals surface area contributed by atoms with Crippen LogP contribution in [0.4, 0.5) is 0 Å². The monoisotopic (exact) mass is 267 g/mol. The molecule has 2 aliphatic rings. The number of primary amides is 1. The molecule has 19 heavy (non-hydrogen) atoms. The Morgan fingerprint density at radius 2 is 2.11 bits per heavy atom. The van der Waals surface area contributed by atoms with Crippen LogP contribution in [0, 0.1) is 5.92 Å². The quantitative estimate of drug-likeness (QED) is 0.766. The number of hydrogen-bond acceptors (Lipinski definition) is 3. The maximum absolute atomic E-state index is 11.5. The Kier molecular flexibility index (Phi) is 4.85. The van der Waals surface area contributed by atoms with Gasteiger partial charge in [-0.15, -0.1) is 0 Å². The fourth-order valence-corrected chi connectivity index (χ4v) is 3.84. The van der Waals surface area contributed by atoms with Crippen molar-refractivity contribution in [2.45, 2.75) is 63.5 Å². The van der Waals surface area contributed by atoms with Crippen molar-refractivity contribution in [2.75, 3.05) is 20.1 Å². The predicted molar refractivity (Wildman–Crippen MR) is 77.8 cm³/mol. The van der Waals surface area contributed by atoms with E-state index in [1.54, 1.807) is 0 Å². The van der Waals surface area contributed by atoms with E-state index in [1.165, 1.54) is 38.6 Å². The van der Waals surface area contributed by atoms with E-state index in [4.69, 9.17) is 5.73 Å². The third kappa shape index (κ3) is 3.29. The number of nitrogens with zero attached hydrogens (tertiary/aromatic N) is 1. The van der Waals surface area contributed by atoms with E-state index in [-0.39, 0.29) is 5.91 Å². The lowest BCUT2D eigenvalue weighted by Crippen LogP contribution is -2.52. The predicted octanol–water partition coefficient (Wildman–Crippen LogP) is 1.49. The fourth-order valence-electron chi connectivity index (χ4n) is 3.84. The molecule has 1 aliphatic heterocycles. The summed E-state index contributed by atoms with van der Waals surface area (Å²) in [6, 6.07) is 0.822. The second-order valence-electron chi connectivity index (χ2n) is 6.49. The summed E-state index contributed by atoms with van der Waals surface area (Å²) in [7, 11) is 1.82. The molecule has 0 aromatic heterocycles. The van der Waals surface area contributed by atoms with Crippen LogP contribution >= 0.6 is 0 Å². The molecule has 4 heteroatoms. The molecule has 0 spiro atoms. The van der Waals surface area contributed by atoms with E-state index in [0.717, 1.165) is 31.3 Å². The number of carbonyl (C=O) groups is 1. The Labute approximate surface area is 117 Å². The molecule has 3 N–H and O–H groups in total. The van der Waals surface area contributed by atoms with E-state index >= 15 is 0 Å². The molecule has 0 radical (unpaired) electrons. The van der Waals surface area contributed by atoms with Crippen LogP contribution in [0.15, 0.2) is 0 Å². The van der Waals surface area contributed by atoms with Crippen molar-refractivity contribution in [3.63, 3.8) is 0 Å². The minimum atomic E-state index is -0.551. The van der Waals surface area contributed by atoms with E-state index < -0.39 is 5.54 Å². The molecule has 0 aromatic rings. The molecule has 3 atom stereocenters. The van der Waals surface area contributed by atoms with Gasteiger partial charge in [0.1, 0.15) is 0 Å². The van der Waals surface area contributed by atoms with Gasteiger partial charge in [-0.25, -0.2) is 0 Å². The van der Waals surface area contributed by atoms with Crippen molar-refractivity contribution in [1.82, 2.24) is 10.2 Å². The lowest BCUT2D eigenvalue weighted by atomic mass is 9.90. The summed E-state index contributed by atoms with van der Waals surface area (Å²) in [4.78, 5) is 14.1. The molecule has 1 aliphatic carbocycles. The van der Waals surface area contributed by atoms with Gasteiger partial charge < -0.3 is 16.0 Å². The summed E-state index contributed by atoms with van der Waals surface area (Å²) in [5.74, 6) is 0.702. The number of hydrogen-bond donors (Lipinski definition) is 2. The Bertz CT molecular complexity index is 321. The van der Waals surface area contributed by atoms with Crippen LogP contribution < -0.4 is 11.1 Å². The summed E-state index contributed by atoms with van der Waals surface area (Å²) in [6.07, 6.45) is 8.86. The third-order valence-electron chi connectivity index (χ3n) is 5.33. The molecule has 0 aromatic carbocycles. The smallest absolute Gasteiger partial charge is 0.237 e.